The van der Waals surface area contributed by atoms with Crippen LogP contribution in [0.2, 0.25) is 0 Å². The molecule has 1 aliphatic carbocycles. The van der Waals surface area contributed by atoms with E-state index >= 15 is 0 Å². The molecule has 2 heterocycles. The summed E-state index contributed by atoms with van der Waals surface area (Å²) in [6.07, 6.45) is -3.31. The Kier molecular flexibility index (Phi) is 3.71. The van der Waals surface area contributed by atoms with E-state index in [1.54, 1.807) is 0 Å². The first kappa shape index (κ1) is 16.6. The molecule has 1 unspecified atom stereocenters. The quantitative estimate of drug-likeness (QED) is 0.705. The second-order valence-electron chi connectivity index (χ2n) is 5.29. The lowest BCUT2D eigenvalue weighted by Gasteiger charge is -2.20. The highest BCUT2D eigenvalue weighted by Gasteiger charge is 2.38. The van der Waals surface area contributed by atoms with E-state index in [9.17, 15) is 27.6 Å². The van der Waals surface area contributed by atoms with Crippen LogP contribution in [0.25, 0.3) is 5.70 Å². The summed E-state index contributed by atoms with van der Waals surface area (Å²) in [5.41, 5.74) is -3.66. The number of ketones is 1. The van der Waals surface area contributed by atoms with E-state index < -0.39 is 28.5 Å². The average Bonchev–Trinajstić information content (AvgIpc) is 2.87. The maximum atomic E-state index is 12.9. The van der Waals surface area contributed by atoms with Crippen LogP contribution >= 0.6 is 11.6 Å². The van der Waals surface area contributed by atoms with Crippen LogP contribution in [0.4, 0.5) is 13.2 Å². The number of alkyl halides is 4. The minimum atomic E-state index is -4.85. The molecular weight excluding hydrogens is 353 g/mol. The number of carbonyl (C=O) groups is 1. The van der Waals surface area contributed by atoms with Crippen LogP contribution in [-0.4, -0.2) is 26.9 Å². The molecule has 6 nitrogen and oxygen atoms in total. The van der Waals surface area contributed by atoms with Crippen LogP contribution in [0.5, 0.6) is 0 Å². The minimum Gasteiger partial charge on any atom is -0.483 e. The third kappa shape index (κ3) is 2.39. The zero-order chi connectivity index (χ0) is 17.8. The van der Waals surface area contributed by atoms with Crippen LogP contribution in [0.3, 0.4) is 0 Å². The smallest absolute Gasteiger partial charge is 0.431 e. The van der Waals surface area contributed by atoms with E-state index in [4.69, 9.17) is 16.3 Å². The molecule has 24 heavy (non-hydrogen) atoms. The first-order valence-corrected chi connectivity index (χ1v) is 7.22. The van der Waals surface area contributed by atoms with E-state index in [-0.39, 0.29) is 35.8 Å². The van der Waals surface area contributed by atoms with Crippen molar-refractivity contribution in [3.05, 3.63) is 50.0 Å². The molecule has 2 aliphatic rings. The predicted octanol–water partition coefficient (Wildman–Crippen LogP) is 1.27. The molecule has 0 aromatic carbocycles. The van der Waals surface area contributed by atoms with Gasteiger partial charge in [-0.1, -0.05) is 6.08 Å². The van der Waals surface area contributed by atoms with Gasteiger partial charge >= 0.3 is 11.9 Å². The molecule has 1 aromatic rings. The molecule has 1 atom stereocenters. The molecule has 0 bridgehead atoms. The third-order valence-electron chi connectivity index (χ3n) is 3.81. The maximum Gasteiger partial charge on any atom is 0.431 e. The molecule has 128 valence electrons. The van der Waals surface area contributed by atoms with Crippen molar-refractivity contribution < 1.29 is 22.7 Å². The fourth-order valence-corrected chi connectivity index (χ4v) is 3.00. The average molecular weight is 363 g/mol. The molecule has 1 aliphatic heterocycles. The Bertz CT molecular complexity index is 923. The summed E-state index contributed by atoms with van der Waals surface area (Å²) in [7, 11) is 0.908. The summed E-state index contributed by atoms with van der Waals surface area (Å²) >= 11 is 6.04. The van der Waals surface area contributed by atoms with Gasteiger partial charge in [-0.2, -0.15) is 13.2 Å². The molecule has 0 amide bonds. The van der Waals surface area contributed by atoms with Crippen molar-refractivity contribution in [1.29, 1.82) is 0 Å². The molecule has 10 heteroatoms. The van der Waals surface area contributed by atoms with Crippen molar-refractivity contribution in [2.45, 2.75) is 18.0 Å². The van der Waals surface area contributed by atoms with Crippen molar-refractivity contribution in [1.82, 2.24) is 9.13 Å². The second kappa shape index (κ2) is 5.37. The molecule has 1 aromatic heterocycles. The van der Waals surface area contributed by atoms with E-state index in [1.165, 1.54) is 6.08 Å². The van der Waals surface area contributed by atoms with E-state index in [2.05, 4.69) is 0 Å². The molecule has 0 fully saturated rings. The van der Waals surface area contributed by atoms with Gasteiger partial charge in [-0.05, 0) is 6.42 Å². The van der Waals surface area contributed by atoms with Crippen molar-refractivity contribution in [3.63, 3.8) is 0 Å². The Hall–Kier alpha value is -2.29. The van der Waals surface area contributed by atoms with Gasteiger partial charge in [0.1, 0.15) is 5.69 Å². The number of hydrogen-bond donors (Lipinski definition) is 0. The van der Waals surface area contributed by atoms with Gasteiger partial charge in [0, 0.05) is 13.1 Å². The number of Topliss-reactive ketones (excluding diaryl/α,β-unsaturated/α-hetero) is 1. The summed E-state index contributed by atoms with van der Waals surface area (Å²) < 4.78 is 44.7. The Morgan fingerprint density at radius 2 is 1.96 bits per heavy atom. The molecule has 0 radical (unpaired) electrons. The van der Waals surface area contributed by atoms with Crippen LogP contribution in [0, 0.1) is 0 Å². The largest absolute Gasteiger partial charge is 0.483 e. The zero-order valence-electron chi connectivity index (χ0n) is 12.2. The number of allylic oxidation sites excluding steroid dienone is 2. The van der Waals surface area contributed by atoms with Gasteiger partial charge in [0.2, 0.25) is 5.78 Å². The highest BCUT2D eigenvalue weighted by Crippen LogP contribution is 2.35. The normalized spacial score (nSPS) is 20.8. The molecule has 0 saturated carbocycles. The van der Waals surface area contributed by atoms with Crippen molar-refractivity contribution in [3.8, 4) is 0 Å². The molecule has 0 saturated heterocycles. The highest BCUT2D eigenvalue weighted by molar-refractivity contribution is 6.27. The van der Waals surface area contributed by atoms with Gasteiger partial charge in [0.15, 0.2) is 12.4 Å². The van der Waals surface area contributed by atoms with E-state index in [0.717, 1.165) is 7.05 Å². The Morgan fingerprint density at radius 3 is 2.58 bits per heavy atom. The lowest BCUT2D eigenvalue weighted by Crippen LogP contribution is -2.42. The van der Waals surface area contributed by atoms with E-state index in [1.807, 2.05) is 0 Å². The summed E-state index contributed by atoms with van der Waals surface area (Å²) in [6, 6.07) is 0.325. The summed E-state index contributed by atoms with van der Waals surface area (Å²) in [6.45, 7) is -0.291. The van der Waals surface area contributed by atoms with Gasteiger partial charge < -0.3 is 4.74 Å². The zero-order valence-corrected chi connectivity index (χ0v) is 12.9. The van der Waals surface area contributed by atoms with E-state index in [0.29, 0.717) is 15.2 Å². The van der Waals surface area contributed by atoms with Gasteiger partial charge in [-0.15, -0.1) is 11.6 Å². The topological polar surface area (TPSA) is 70.3 Å². The molecule has 0 N–H and O–H groups in total. The minimum absolute atomic E-state index is 0.0368. The highest BCUT2D eigenvalue weighted by atomic mass is 35.5. The lowest BCUT2D eigenvalue weighted by molar-refractivity contribution is -0.144. The first-order chi connectivity index (χ1) is 11.1. The number of nitrogens with zero attached hydrogens (tertiary/aromatic N) is 2. The van der Waals surface area contributed by atoms with Crippen LogP contribution in [-0.2, 0) is 22.8 Å². The monoisotopic (exact) mass is 362 g/mol. The number of ether oxygens (including phenoxy) is 1. The molecule has 3 rings (SSSR count). The van der Waals surface area contributed by atoms with Crippen molar-refractivity contribution in [2.24, 2.45) is 7.05 Å². The SMILES string of the molecule is Cn1c(C(F)(F)F)cc(=O)n(C2=CCC(Cl)C3=C2OCC3=O)c1=O. The first-order valence-electron chi connectivity index (χ1n) is 6.78. The van der Waals surface area contributed by atoms with Gasteiger partial charge in [-0.25, -0.2) is 9.36 Å². The number of hydrogen-bond acceptors (Lipinski definition) is 4. The van der Waals surface area contributed by atoms with Gasteiger partial charge in [0.05, 0.1) is 16.6 Å². The van der Waals surface area contributed by atoms with Crippen LogP contribution in [0.1, 0.15) is 12.1 Å². The van der Waals surface area contributed by atoms with Gasteiger partial charge in [-0.3, -0.25) is 14.2 Å². The number of rotatable bonds is 1. The summed E-state index contributed by atoms with van der Waals surface area (Å²) in [4.78, 5) is 36.2. The summed E-state index contributed by atoms with van der Waals surface area (Å²) in [5, 5.41) is -0.673. The predicted molar refractivity (Wildman–Crippen MR) is 77.5 cm³/mol. The van der Waals surface area contributed by atoms with Crippen molar-refractivity contribution in [2.75, 3.05) is 6.61 Å². The standard InChI is InChI=1S/C14H10ClF3N2O4/c1-19-9(14(16,17)18)4-10(22)20(13(19)23)7-3-2-6(15)11-8(21)5-24-12(7)11/h3-4,6H,2,5H2,1H3. The van der Waals surface area contributed by atoms with Crippen molar-refractivity contribution >= 4 is 23.1 Å². The number of halogens is 4. The fraction of sp³-hybridized carbons (Fsp3) is 0.357. The lowest BCUT2D eigenvalue weighted by atomic mass is 9.99. The fourth-order valence-electron chi connectivity index (χ4n) is 2.69. The van der Waals surface area contributed by atoms with Crippen LogP contribution < -0.4 is 11.2 Å². The third-order valence-corrected chi connectivity index (χ3v) is 4.20. The molecule has 0 spiro atoms. The Labute approximate surface area is 137 Å². The Morgan fingerprint density at radius 1 is 1.29 bits per heavy atom. The Balaban J connectivity index is 2.24. The van der Waals surface area contributed by atoms with Gasteiger partial charge in [0.25, 0.3) is 5.56 Å². The molecular formula is C14H10ClF3N2O4. The van der Waals surface area contributed by atoms with Crippen LogP contribution in [0.15, 0.2) is 33.1 Å². The number of aromatic nitrogens is 2. The number of carbonyl (C=O) groups excluding carboxylic acids is 1. The maximum absolute atomic E-state index is 12.9. The second-order valence-corrected chi connectivity index (χ2v) is 5.82. The summed E-state index contributed by atoms with van der Waals surface area (Å²) in [5.74, 6) is -0.419.